The molecule has 1 nitrogen and oxygen atoms in total. The van der Waals surface area contributed by atoms with Crippen LogP contribution in [0.1, 0.15) is 11.1 Å². The summed E-state index contributed by atoms with van der Waals surface area (Å²) in [6, 6.07) is 11.0. The van der Waals surface area contributed by atoms with Gasteiger partial charge in [0.1, 0.15) is 17.4 Å². The van der Waals surface area contributed by atoms with Crippen LogP contribution < -0.4 is 0 Å². The number of Topliss-reactive ketones (excluding diaryl/α,β-unsaturated/α-hetero) is 1. The van der Waals surface area contributed by atoms with Crippen molar-refractivity contribution >= 4 is 17.5 Å². The Balaban J connectivity index is 1.92. The Morgan fingerprint density at radius 1 is 1.10 bits per heavy atom. The highest BCUT2D eigenvalue weighted by atomic mass is 32.2. The molecule has 2 aromatic carbocycles. The average Bonchev–Trinajstić information content (AvgIpc) is 2.35. The summed E-state index contributed by atoms with van der Waals surface area (Å²) in [6.45, 7) is 1.99. The molecular formula is C16H14F2OS. The normalized spacial score (nSPS) is 10.6. The molecule has 0 radical (unpaired) electrons. The summed E-state index contributed by atoms with van der Waals surface area (Å²) < 4.78 is 26.0. The Bertz CT molecular complexity index is 605. The number of rotatable bonds is 5. The van der Waals surface area contributed by atoms with Gasteiger partial charge < -0.3 is 0 Å². The predicted octanol–water partition coefficient (Wildman–Crippen LogP) is 4.18. The summed E-state index contributed by atoms with van der Waals surface area (Å²) in [7, 11) is 0. The van der Waals surface area contributed by atoms with Gasteiger partial charge in [-0.1, -0.05) is 17.7 Å². The molecule has 0 fully saturated rings. The van der Waals surface area contributed by atoms with Crippen molar-refractivity contribution in [2.24, 2.45) is 0 Å². The number of benzene rings is 2. The van der Waals surface area contributed by atoms with Gasteiger partial charge in [-0.2, -0.15) is 0 Å². The lowest BCUT2D eigenvalue weighted by Gasteiger charge is -2.03. The molecule has 0 aromatic heterocycles. The summed E-state index contributed by atoms with van der Waals surface area (Å²) >= 11 is 1.43. The lowest BCUT2D eigenvalue weighted by molar-refractivity contribution is -0.116. The molecule has 20 heavy (non-hydrogen) atoms. The Hall–Kier alpha value is -1.68. The van der Waals surface area contributed by atoms with E-state index in [4.69, 9.17) is 0 Å². The zero-order valence-electron chi connectivity index (χ0n) is 11.0. The van der Waals surface area contributed by atoms with E-state index in [1.165, 1.54) is 23.9 Å². The van der Waals surface area contributed by atoms with E-state index in [-0.39, 0.29) is 12.2 Å². The third kappa shape index (κ3) is 4.46. The highest BCUT2D eigenvalue weighted by Gasteiger charge is 2.07. The van der Waals surface area contributed by atoms with Crippen LogP contribution >= 0.6 is 11.8 Å². The second kappa shape index (κ2) is 6.66. The van der Waals surface area contributed by atoms with Crippen molar-refractivity contribution in [1.29, 1.82) is 0 Å². The molecule has 0 saturated heterocycles. The van der Waals surface area contributed by atoms with Gasteiger partial charge in [0.15, 0.2) is 0 Å². The molecule has 0 bridgehead atoms. The van der Waals surface area contributed by atoms with Crippen LogP contribution in [0.5, 0.6) is 0 Å². The Morgan fingerprint density at radius 2 is 1.80 bits per heavy atom. The fourth-order valence-corrected chi connectivity index (χ4v) is 2.73. The topological polar surface area (TPSA) is 17.1 Å². The minimum Gasteiger partial charge on any atom is -0.298 e. The Labute approximate surface area is 121 Å². The number of carbonyl (C=O) groups excluding carboxylic acids is 1. The first-order valence-electron chi connectivity index (χ1n) is 6.19. The molecule has 0 unspecified atom stereocenters. The molecule has 0 aliphatic carbocycles. The van der Waals surface area contributed by atoms with E-state index in [0.29, 0.717) is 11.3 Å². The van der Waals surface area contributed by atoms with Crippen molar-refractivity contribution in [3.63, 3.8) is 0 Å². The van der Waals surface area contributed by atoms with Gasteiger partial charge in [0, 0.05) is 17.4 Å². The SMILES string of the molecule is Cc1cccc(SCC(=O)Cc2cc(F)cc(F)c2)c1. The third-order valence-electron chi connectivity index (χ3n) is 2.71. The molecule has 4 heteroatoms. The van der Waals surface area contributed by atoms with Crippen molar-refractivity contribution < 1.29 is 13.6 Å². The van der Waals surface area contributed by atoms with Crippen LogP contribution in [0.3, 0.4) is 0 Å². The maximum absolute atomic E-state index is 13.0. The third-order valence-corrected chi connectivity index (χ3v) is 3.77. The van der Waals surface area contributed by atoms with Crippen LogP contribution in [-0.4, -0.2) is 11.5 Å². The fraction of sp³-hybridized carbons (Fsp3) is 0.188. The minimum absolute atomic E-state index is 0.0491. The second-order valence-corrected chi connectivity index (χ2v) is 5.65. The zero-order chi connectivity index (χ0) is 14.5. The molecule has 2 aromatic rings. The minimum atomic E-state index is -0.654. The van der Waals surface area contributed by atoms with Gasteiger partial charge in [-0.15, -0.1) is 11.8 Å². The summed E-state index contributed by atoms with van der Waals surface area (Å²) in [4.78, 5) is 12.8. The van der Waals surface area contributed by atoms with E-state index in [9.17, 15) is 13.6 Å². The Kier molecular flexibility index (Phi) is 4.90. The quantitative estimate of drug-likeness (QED) is 0.769. The van der Waals surface area contributed by atoms with Gasteiger partial charge >= 0.3 is 0 Å². The molecule has 2 rings (SSSR count). The van der Waals surface area contributed by atoms with Gasteiger partial charge in [0.2, 0.25) is 0 Å². The van der Waals surface area contributed by atoms with Crippen LogP contribution in [0, 0.1) is 18.6 Å². The van der Waals surface area contributed by atoms with Crippen molar-refractivity contribution in [3.05, 3.63) is 65.2 Å². The molecule has 0 atom stereocenters. The van der Waals surface area contributed by atoms with Crippen molar-refractivity contribution in [1.82, 2.24) is 0 Å². The van der Waals surface area contributed by atoms with E-state index in [0.717, 1.165) is 16.5 Å². The van der Waals surface area contributed by atoms with E-state index in [1.54, 1.807) is 0 Å². The van der Waals surface area contributed by atoms with E-state index < -0.39 is 11.6 Å². The summed E-state index contributed by atoms with van der Waals surface area (Å²) in [6.07, 6.45) is 0.0491. The fourth-order valence-electron chi connectivity index (χ4n) is 1.86. The second-order valence-electron chi connectivity index (χ2n) is 4.60. The molecule has 0 heterocycles. The standard InChI is InChI=1S/C16H14F2OS/c1-11-3-2-4-16(5-11)20-10-15(19)8-12-6-13(17)9-14(18)7-12/h2-7,9H,8,10H2,1H3. The smallest absolute Gasteiger partial charge is 0.147 e. The number of halogens is 2. The van der Waals surface area contributed by atoms with Crippen LogP contribution in [0.25, 0.3) is 0 Å². The van der Waals surface area contributed by atoms with Gasteiger partial charge in [0.25, 0.3) is 0 Å². The van der Waals surface area contributed by atoms with E-state index in [2.05, 4.69) is 0 Å². The summed E-state index contributed by atoms with van der Waals surface area (Å²) in [5.41, 5.74) is 1.51. The first-order valence-corrected chi connectivity index (χ1v) is 7.17. The van der Waals surface area contributed by atoms with Gasteiger partial charge in [-0.3, -0.25) is 4.79 Å². The lowest BCUT2D eigenvalue weighted by atomic mass is 10.1. The molecule has 0 spiro atoms. The molecule has 0 amide bonds. The van der Waals surface area contributed by atoms with Crippen LogP contribution in [0.4, 0.5) is 8.78 Å². The molecule has 0 aliphatic heterocycles. The zero-order valence-corrected chi connectivity index (χ0v) is 11.8. The number of ketones is 1. The van der Waals surface area contributed by atoms with E-state index >= 15 is 0 Å². The van der Waals surface area contributed by atoms with Crippen molar-refractivity contribution in [2.45, 2.75) is 18.2 Å². The molecule has 0 N–H and O–H groups in total. The highest BCUT2D eigenvalue weighted by molar-refractivity contribution is 8.00. The Morgan fingerprint density at radius 3 is 2.45 bits per heavy atom. The average molecular weight is 292 g/mol. The largest absolute Gasteiger partial charge is 0.298 e. The maximum atomic E-state index is 13.0. The first kappa shape index (κ1) is 14.7. The maximum Gasteiger partial charge on any atom is 0.147 e. The van der Waals surface area contributed by atoms with Gasteiger partial charge in [-0.05, 0) is 36.8 Å². The van der Waals surface area contributed by atoms with Crippen LogP contribution in [0.15, 0.2) is 47.4 Å². The number of hydrogen-bond acceptors (Lipinski definition) is 2. The first-order chi connectivity index (χ1) is 9.52. The monoisotopic (exact) mass is 292 g/mol. The molecular weight excluding hydrogens is 278 g/mol. The van der Waals surface area contributed by atoms with Crippen LogP contribution in [-0.2, 0) is 11.2 Å². The summed E-state index contributed by atoms with van der Waals surface area (Å²) in [5.74, 6) is -1.07. The van der Waals surface area contributed by atoms with Crippen molar-refractivity contribution in [3.8, 4) is 0 Å². The highest BCUT2D eigenvalue weighted by Crippen LogP contribution is 2.19. The van der Waals surface area contributed by atoms with E-state index in [1.807, 2.05) is 31.2 Å². The molecule has 0 aliphatic rings. The molecule has 104 valence electrons. The number of thioether (sulfide) groups is 1. The van der Waals surface area contributed by atoms with Gasteiger partial charge in [-0.25, -0.2) is 8.78 Å². The lowest BCUT2D eigenvalue weighted by Crippen LogP contribution is -2.06. The molecule has 0 saturated carbocycles. The predicted molar refractivity (Wildman–Crippen MR) is 77.0 cm³/mol. The van der Waals surface area contributed by atoms with Crippen molar-refractivity contribution in [2.75, 3.05) is 5.75 Å². The number of aryl methyl sites for hydroxylation is 1. The van der Waals surface area contributed by atoms with Crippen LogP contribution in [0.2, 0.25) is 0 Å². The summed E-state index contributed by atoms with van der Waals surface area (Å²) in [5, 5.41) is 0. The van der Waals surface area contributed by atoms with Gasteiger partial charge in [0.05, 0.1) is 5.75 Å². The number of hydrogen-bond donors (Lipinski definition) is 0. The number of carbonyl (C=O) groups is 1.